The number of hydrogen-bond acceptors (Lipinski definition) is 6. The molecule has 0 atom stereocenters. The number of benzene rings is 1. The Kier molecular flexibility index (Phi) is 3.96. The van der Waals surface area contributed by atoms with Gasteiger partial charge in [-0.3, -0.25) is 9.08 Å². The van der Waals surface area contributed by atoms with E-state index in [0.29, 0.717) is 17.4 Å². The first-order valence-electron chi connectivity index (χ1n) is 4.38. The van der Waals surface area contributed by atoms with Gasteiger partial charge in [0.2, 0.25) is 0 Å². The molecule has 6 nitrogen and oxygen atoms in total. The van der Waals surface area contributed by atoms with Crippen LogP contribution >= 0.6 is 0 Å². The summed E-state index contributed by atoms with van der Waals surface area (Å²) in [7, 11) is -3.74. The van der Waals surface area contributed by atoms with Crippen LogP contribution in [0.4, 0.5) is 0 Å². The van der Waals surface area contributed by atoms with Crippen LogP contribution in [0.3, 0.4) is 0 Å². The van der Waals surface area contributed by atoms with Crippen molar-refractivity contribution < 1.29 is 17.5 Å². The Bertz CT molecular complexity index is 582. The molecule has 0 N–H and O–H groups in total. The highest BCUT2D eigenvalue weighted by molar-refractivity contribution is 7.85. The summed E-state index contributed by atoms with van der Waals surface area (Å²) in [6.45, 7) is 0. The zero-order valence-corrected chi connectivity index (χ0v) is 9.64. The zero-order chi connectivity index (χ0) is 12.9. The second kappa shape index (κ2) is 5.23. The van der Waals surface area contributed by atoms with E-state index in [1.54, 1.807) is 6.07 Å². The lowest BCUT2D eigenvalue weighted by Crippen LogP contribution is -2.03. The molecule has 0 saturated carbocycles. The Morgan fingerprint density at radius 2 is 2.00 bits per heavy atom. The van der Waals surface area contributed by atoms with E-state index in [9.17, 15) is 13.2 Å². The topological polar surface area (TPSA) is 96.6 Å². The molecule has 0 saturated heterocycles. The van der Waals surface area contributed by atoms with E-state index in [2.05, 4.69) is 9.44 Å². The standard InChI is InChI=1S/C10H8N2O4S/c1-17(14,15)16-12-10(6-11)9-4-2-8(7-13)3-5-9/h2-5,7H,1H3. The van der Waals surface area contributed by atoms with Crippen LogP contribution in [-0.4, -0.2) is 26.7 Å². The number of rotatable bonds is 4. The highest BCUT2D eigenvalue weighted by Gasteiger charge is 2.06. The van der Waals surface area contributed by atoms with Gasteiger partial charge in [0.1, 0.15) is 12.4 Å². The summed E-state index contributed by atoms with van der Waals surface area (Å²) < 4.78 is 25.6. The van der Waals surface area contributed by atoms with Crippen LogP contribution in [0.25, 0.3) is 0 Å². The summed E-state index contributed by atoms with van der Waals surface area (Å²) >= 11 is 0. The van der Waals surface area contributed by atoms with Gasteiger partial charge in [0, 0.05) is 11.1 Å². The number of oxime groups is 1. The predicted octanol–water partition coefficient (Wildman–Crippen LogP) is 0.703. The summed E-state index contributed by atoms with van der Waals surface area (Å²) in [6, 6.07) is 7.60. The van der Waals surface area contributed by atoms with Gasteiger partial charge in [0.25, 0.3) is 0 Å². The average Bonchev–Trinajstić information content (AvgIpc) is 2.29. The van der Waals surface area contributed by atoms with Gasteiger partial charge in [-0.1, -0.05) is 29.4 Å². The third-order valence-corrected chi connectivity index (χ3v) is 2.04. The fourth-order valence-corrected chi connectivity index (χ4v) is 1.17. The van der Waals surface area contributed by atoms with E-state index >= 15 is 0 Å². The molecule has 7 heteroatoms. The number of hydrogen-bond donors (Lipinski definition) is 0. The van der Waals surface area contributed by atoms with Crippen LogP contribution in [-0.2, 0) is 14.4 Å². The normalized spacial score (nSPS) is 11.6. The first kappa shape index (κ1) is 12.9. The minimum atomic E-state index is -3.74. The van der Waals surface area contributed by atoms with Gasteiger partial charge in [-0.25, -0.2) is 0 Å². The van der Waals surface area contributed by atoms with Gasteiger partial charge < -0.3 is 0 Å². The van der Waals surface area contributed by atoms with E-state index in [4.69, 9.17) is 5.26 Å². The van der Waals surface area contributed by atoms with Crippen molar-refractivity contribution >= 4 is 22.1 Å². The van der Waals surface area contributed by atoms with E-state index < -0.39 is 10.1 Å². The Labute approximate surface area is 98.2 Å². The molecule has 0 spiro atoms. The van der Waals surface area contributed by atoms with Crippen molar-refractivity contribution in [2.45, 2.75) is 0 Å². The first-order valence-corrected chi connectivity index (χ1v) is 6.20. The fourth-order valence-electron chi connectivity index (χ4n) is 0.962. The number of nitriles is 1. The van der Waals surface area contributed by atoms with Gasteiger partial charge in [0.15, 0.2) is 5.71 Å². The van der Waals surface area contributed by atoms with Crippen molar-refractivity contribution in [2.75, 3.05) is 6.26 Å². The van der Waals surface area contributed by atoms with Crippen LogP contribution in [0.2, 0.25) is 0 Å². The predicted molar refractivity (Wildman–Crippen MR) is 59.9 cm³/mol. The quantitative estimate of drug-likeness (QED) is 0.446. The SMILES string of the molecule is CS(=O)(=O)ON=C(C#N)c1ccc(C=O)cc1. The highest BCUT2D eigenvalue weighted by atomic mass is 32.2. The maximum Gasteiger partial charge on any atom is 0.325 e. The first-order chi connectivity index (χ1) is 7.96. The summed E-state index contributed by atoms with van der Waals surface area (Å²) in [6.07, 6.45) is 1.47. The molecular formula is C10H8N2O4S. The van der Waals surface area contributed by atoms with Crippen molar-refractivity contribution in [3.05, 3.63) is 35.4 Å². The molecule has 0 aliphatic carbocycles. The van der Waals surface area contributed by atoms with E-state index in [1.807, 2.05) is 0 Å². The third kappa shape index (κ3) is 4.04. The van der Waals surface area contributed by atoms with Gasteiger partial charge in [0.05, 0.1) is 6.26 Å². The summed E-state index contributed by atoms with van der Waals surface area (Å²) in [4.78, 5) is 10.4. The van der Waals surface area contributed by atoms with Crippen LogP contribution in [0, 0.1) is 11.3 Å². The highest BCUT2D eigenvalue weighted by Crippen LogP contribution is 2.05. The lowest BCUT2D eigenvalue weighted by Gasteiger charge is -1.98. The molecule has 0 aliphatic rings. The summed E-state index contributed by atoms with van der Waals surface area (Å²) in [5, 5.41) is 12.0. The van der Waals surface area contributed by atoms with Gasteiger partial charge >= 0.3 is 10.1 Å². The maximum absolute atomic E-state index is 10.7. The van der Waals surface area contributed by atoms with Crippen molar-refractivity contribution in [1.29, 1.82) is 5.26 Å². The molecule has 0 aliphatic heterocycles. The van der Waals surface area contributed by atoms with Crippen molar-refractivity contribution in [1.82, 2.24) is 0 Å². The van der Waals surface area contributed by atoms with Crippen molar-refractivity contribution in [3.63, 3.8) is 0 Å². The molecule has 1 aromatic carbocycles. The van der Waals surface area contributed by atoms with Gasteiger partial charge in [-0.15, -0.1) is 0 Å². The zero-order valence-electron chi connectivity index (χ0n) is 8.82. The third-order valence-electron chi connectivity index (χ3n) is 1.69. The molecule has 0 fully saturated rings. The molecule has 88 valence electrons. The molecular weight excluding hydrogens is 244 g/mol. The second-order valence-electron chi connectivity index (χ2n) is 3.07. The minimum Gasteiger partial charge on any atom is -0.298 e. The lowest BCUT2D eigenvalue weighted by molar-refractivity contribution is 0.112. The van der Waals surface area contributed by atoms with E-state index in [1.165, 1.54) is 24.3 Å². The largest absolute Gasteiger partial charge is 0.325 e. The average molecular weight is 252 g/mol. The van der Waals surface area contributed by atoms with Crippen LogP contribution in [0.1, 0.15) is 15.9 Å². The van der Waals surface area contributed by atoms with E-state index in [0.717, 1.165) is 6.26 Å². The minimum absolute atomic E-state index is 0.187. The maximum atomic E-state index is 10.7. The Hall–Kier alpha value is -2.20. The summed E-state index contributed by atoms with van der Waals surface area (Å²) in [5.41, 5.74) is 0.615. The lowest BCUT2D eigenvalue weighted by atomic mass is 10.1. The van der Waals surface area contributed by atoms with Crippen LogP contribution in [0.15, 0.2) is 29.4 Å². The Morgan fingerprint density at radius 3 is 2.41 bits per heavy atom. The smallest absolute Gasteiger partial charge is 0.298 e. The van der Waals surface area contributed by atoms with Crippen molar-refractivity contribution in [2.24, 2.45) is 5.16 Å². The molecule has 0 aromatic heterocycles. The molecule has 17 heavy (non-hydrogen) atoms. The van der Waals surface area contributed by atoms with E-state index in [-0.39, 0.29) is 5.71 Å². The van der Waals surface area contributed by atoms with Crippen LogP contribution in [0.5, 0.6) is 0 Å². The molecule has 0 unspecified atom stereocenters. The number of carbonyl (C=O) groups is 1. The monoisotopic (exact) mass is 252 g/mol. The molecule has 1 rings (SSSR count). The Balaban J connectivity index is 3.02. The fraction of sp³-hybridized carbons (Fsp3) is 0.100. The van der Waals surface area contributed by atoms with Gasteiger partial charge in [-0.2, -0.15) is 13.7 Å². The van der Waals surface area contributed by atoms with Crippen LogP contribution < -0.4 is 0 Å². The van der Waals surface area contributed by atoms with Crippen molar-refractivity contribution in [3.8, 4) is 6.07 Å². The summed E-state index contributed by atoms with van der Waals surface area (Å²) in [5.74, 6) is 0. The molecule has 0 bridgehead atoms. The molecule has 0 heterocycles. The second-order valence-corrected chi connectivity index (χ2v) is 4.63. The molecule has 0 amide bonds. The molecule has 0 radical (unpaired) electrons. The molecule has 1 aromatic rings. The Morgan fingerprint density at radius 1 is 1.41 bits per heavy atom. The van der Waals surface area contributed by atoms with Gasteiger partial charge in [-0.05, 0) is 0 Å². The number of nitrogens with zero attached hydrogens (tertiary/aromatic N) is 2. The number of aldehydes is 1. The number of carbonyl (C=O) groups excluding carboxylic acids is 1.